The van der Waals surface area contributed by atoms with Gasteiger partial charge in [-0.05, 0) is 6.92 Å². The van der Waals surface area contributed by atoms with E-state index in [-0.39, 0.29) is 6.42 Å². The number of carboxylic acids is 1. The zero-order valence-corrected chi connectivity index (χ0v) is 8.81. The fraction of sp³-hybridized carbons (Fsp3) is 0.889. The molecule has 7 nitrogen and oxygen atoms in total. The summed E-state index contributed by atoms with van der Waals surface area (Å²) in [6, 6.07) is 0. The first-order valence-corrected chi connectivity index (χ1v) is 4.96. The van der Waals surface area contributed by atoms with Crippen molar-refractivity contribution in [1.29, 1.82) is 0 Å². The van der Waals surface area contributed by atoms with Crippen LogP contribution in [-0.4, -0.2) is 63.7 Å². The van der Waals surface area contributed by atoms with Crippen molar-refractivity contribution < 1.29 is 34.7 Å². The molecule has 1 fully saturated rings. The van der Waals surface area contributed by atoms with E-state index in [1.54, 1.807) is 0 Å². The van der Waals surface area contributed by atoms with E-state index in [2.05, 4.69) is 0 Å². The van der Waals surface area contributed by atoms with Gasteiger partial charge < -0.3 is 29.9 Å². The Labute approximate surface area is 92.2 Å². The Morgan fingerprint density at radius 3 is 2.69 bits per heavy atom. The lowest BCUT2D eigenvalue weighted by molar-refractivity contribution is -0.253. The molecule has 94 valence electrons. The lowest BCUT2D eigenvalue weighted by Crippen LogP contribution is -2.52. The molecule has 0 spiro atoms. The summed E-state index contributed by atoms with van der Waals surface area (Å²) in [6.07, 6.45) is -5.29. The second-order valence-electron chi connectivity index (χ2n) is 3.69. The largest absolute Gasteiger partial charge is 0.479 e. The summed E-state index contributed by atoms with van der Waals surface area (Å²) in [4.78, 5) is 10.6. The molecule has 0 aliphatic carbocycles. The predicted molar refractivity (Wildman–Crippen MR) is 50.6 cm³/mol. The van der Waals surface area contributed by atoms with E-state index in [9.17, 15) is 15.0 Å². The first-order valence-electron chi connectivity index (χ1n) is 4.96. The molecule has 1 aliphatic rings. The number of aliphatic hydroxyl groups excluding tert-OH is 3. The molecule has 0 amide bonds. The Morgan fingerprint density at radius 1 is 1.56 bits per heavy atom. The number of ether oxygens (including phenoxy) is 2. The Bertz CT molecular complexity index is 244. The Kier molecular flexibility index (Phi) is 4.63. The summed E-state index contributed by atoms with van der Waals surface area (Å²) < 4.78 is 9.91. The maximum absolute atomic E-state index is 10.6. The van der Waals surface area contributed by atoms with Gasteiger partial charge in [0.2, 0.25) is 0 Å². The summed E-state index contributed by atoms with van der Waals surface area (Å²) in [5.41, 5.74) is 0. The molecule has 7 heteroatoms. The number of carboxylic acid groups (broad SMARTS) is 1. The highest BCUT2D eigenvalue weighted by molar-refractivity contribution is 5.71. The van der Waals surface area contributed by atoms with Crippen LogP contribution >= 0.6 is 0 Å². The summed E-state index contributed by atoms with van der Waals surface area (Å²) in [5, 5.41) is 36.5. The van der Waals surface area contributed by atoms with E-state index in [1.807, 2.05) is 0 Å². The van der Waals surface area contributed by atoms with Gasteiger partial charge in [-0.2, -0.15) is 0 Å². The number of aliphatic carboxylic acids is 1. The van der Waals surface area contributed by atoms with E-state index in [0.717, 1.165) is 0 Å². The number of hydrogen-bond donors (Lipinski definition) is 4. The first kappa shape index (κ1) is 13.3. The van der Waals surface area contributed by atoms with Gasteiger partial charge in [-0.3, -0.25) is 0 Å². The maximum atomic E-state index is 10.6. The van der Waals surface area contributed by atoms with Crippen LogP contribution in [0.1, 0.15) is 13.3 Å². The normalized spacial score (nSPS) is 37.0. The average molecular weight is 236 g/mol. The van der Waals surface area contributed by atoms with Gasteiger partial charge in [-0.25, -0.2) is 4.79 Å². The second kappa shape index (κ2) is 5.55. The molecule has 5 atom stereocenters. The van der Waals surface area contributed by atoms with Crippen molar-refractivity contribution in [3.05, 3.63) is 0 Å². The van der Waals surface area contributed by atoms with E-state index in [4.69, 9.17) is 19.7 Å². The lowest BCUT2D eigenvalue weighted by atomic mass is 10.0. The van der Waals surface area contributed by atoms with Gasteiger partial charge in [0.1, 0.15) is 12.2 Å². The van der Waals surface area contributed by atoms with Crippen LogP contribution in [0.25, 0.3) is 0 Å². The third-order valence-electron chi connectivity index (χ3n) is 2.43. The molecular weight excluding hydrogens is 220 g/mol. The molecule has 16 heavy (non-hydrogen) atoms. The number of aliphatic hydroxyl groups is 3. The van der Waals surface area contributed by atoms with Crippen LogP contribution in [0.15, 0.2) is 0 Å². The molecule has 0 aromatic rings. The van der Waals surface area contributed by atoms with Crippen molar-refractivity contribution >= 4 is 5.97 Å². The summed E-state index contributed by atoms with van der Waals surface area (Å²) >= 11 is 0. The molecule has 1 unspecified atom stereocenters. The van der Waals surface area contributed by atoms with E-state index < -0.39 is 43.3 Å². The molecule has 1 aliphatic heterocycles. The van der Waals surface area contributed by atoms with Crippen LogP contribution in [0, 0.1) is 0 Å². The third kappa shape index (κ3) is 3.13. The lowest BCUT2D eigenvalue weighted by Gasteiger charge is -2.37. The predicted octanol–water partition coefficient (Wildman–Crippen LogP) is -1.69. The van der Waals surface area contributed by atoms with Crippen molar-refractivity contribution in [2.75, 3.05) is 6.61 Å². The fourth-order valence-corrected chi connectivity index (χ4v) is 1.52. The average Bonchev–Trinajstić information content (AvgIpc) is 2.22. The van der Waals surface area contributed by atoms with E-state index >= 15 is 0 Å². The molecular formula is C9H16O7. The molecule has 4 N–H and O–H groups in total. The van der Waals surface area contributed by atoms with Crippen LogP contribution in [0.4, 0.5) is 0 Å². The zero-order valence-electron chi connectivity index (χ0n) is 8.81. The summed E-state index contributed by atoms with van der Waals surface area (Å²) in [5.74, 6) is -1.16. The van der Waals surface area contributed by atoms with Crippen LogP contribution in [0.5, 0.6) is 0 Å². The summed E-state index contributed by atoms with van der Waals surface area (Å²) in [7, 11) is 0. The van der Waals surface area contributed by atoms with Gasteiger partial charge in [-0.1, -0.05) is 0 Å². The molecule has 0 aromatic heterocycles. The molecule has 0 bridgehead atoms. The standard InChI is InChI=1S/C9H16O7/c1-4(9(13)14)15-5-2-7(11)16-6(3-10)8(5)12/h4-8,10-12H,2-3H2,1H3,(H,13,14)/t4-,5-,6-,7?,8+/m1/s1. The summed E-state index contributed by atoms with van der Waals surface area (Å²) in [6.45, 7) is 0.852. The van der Waals surface area contributed by atoms with Crippen molar-refractivity contribution in [2.24, 2.45) is 0 Å². The molecule has 0 radical (unpaired) electrons. The van der Waals surface area contributed by atoms with Crippen LogP contribution in [0.2, 0.25) is 0 Å². The SMILES string of the molecule is C[C@@H](O[C@@H]1CC(O)O[C@H](CO)[C@H]1O)C(=O)O. The number of rotatable bonds is 4. The number of hydrogen-bond acceptors (Lipinski definition) is 6. The quantitative estimate of drug-likeness (QED) is 0.460. The highest BCUT2D eigenvalue weighted by atomic mass is 16.6. The van der Waals surface area contributed by atoms with Crippen molar-refractivity contribution in [2.45, 2.75) is 44.1 Å². The second-order valence-corrected chi connectivity index (χ2v) is 3.69. The maximum Gasteiger partial charge on any atom is 0.332 e. The molecule has 1 heterocycles. The van der Waals surface area contributed by atoms with Crippen LogP contribution in [-0.2, 0) is 14.3 Å². The molecule has 1 saturated heterocycles. The smallest absolute Gasteiger partial charge is 0.332 e. The minimum Gasteiger partial charge on any atom is -0.479 e. The van der Waals surface area contributed by atoms with E-state index in [0.29, 0.717) is 0 Å². The van der Waals surface area contributed by atoms with Gasteiger partial charge >= 0.3 is 5.97 Å². The van der Waals surface area contributed by atoms with Crippen LogP contribution < -0.4 is 0 Å². The molecule has 1 rings (SSSR count). The van der Waals surface area contributed by atoms with Gasteiger partial charge in [-0.15, -0.1) is 0 Å². The fourth-order valence-electron chi connectivity index (χ4n) is 1.52. The minimum absolute atomic E-state index is 0.0325. The molecule has 0 saturated carbocycles. The number of carbonyl (C=O) groups is 1. The van der Waals surface area contributed by atoms with Crippen molar-refractivity contribution in [1.82, 2.24) is 0 Å². The topological polar surface area (TPSA) is 116 Å². The van der Waals surface area contributed by atoms with Gasteiger partial charge in [0, 0.05) is 6.42 Å². The monoisotopic (exact) mass is 236 g/mol. The first-order chi connectivity index (χ1) is 7.45. The Morgan fingerprint density at radius 2 is 2.19 bits per heavy atom. The minimum atomic E-state index is -1.17. The van der Waals surface area contributed by atoms with E-state index in [1.165, 1.54) is 6.92 Å². The highest BCUT2D eigenvalue weighted by Gasteiger charge is 2.38. The Balaban J connectivity index is 2.60. The van der Waals surface area contributed by atoms with Gasteiger partial charge in [0.15, 0.2) is 12.4 Å². The Hall–Kier alpha value is -0.730. The van der Waals surface area contributed by atoms with Gasteiger partial charge in [0.25, 0.3) is 0 Å². The zero-order chi connectivity index (χ0) is 12.3. The van der Waals surface area contributed by atoms with Crippen molar-refractivity contribution in [3.63, 3.8) is 0 Å². The van der Waals surface area contributed by atoms with Crippen molar-refractivity contribution in [3.8, 4) is 0 Å². The molecule has 0 aromatic carbocycles. The van der Waals surface area contributed by atoms with Gasteiger partial charge in [0.05, 0.1) is 12.7 Å². The third-order valence-corrected chi connectivity index (χ3v) is 2.43. The highest BCUT2D eigenvalue weighted by Crippen LogP contribution is 2.22. The van der Waals surface area contributed by atoms with Crippen LogP contribution in [0.3, 0.4) is 0 Å².